The molecule has 7 heteroatoms. The van der Waals surface area contributed by atoms with Crippen LogP contribution in [0.1, 0.15) is 42.5 Å². The number of fused-ring (bicyclic) bond motifs is 1. The van der Waals surface area contributed by atoms with Gasteiger partial charge in [-0.3, -0.25) is 4.98 Å². The summed E-state index contributed by atoms with van der Waals surface area (Å²) in [6, 6.07) is 18.1. The topological polar surface area (TPSA) is 64.0 Å². The fourth-order valence-corrected chi connectivity index (χ4v) is 4.08. The van der Waals surface area contributed by atoms with E-state index in [4.69, 9.17) is 9.47 Å². The molecule has 6 nitrogen and oxygen atoms in total. The van der Waals surface area contributed by atoms with E-state index in [0.29, 0.717) is 5.76 Å². The first-order valence-corrected chi connectivity index (χ1v) is 16.7. The Morgan fingerprint density at radius 1 is 1.05 bits per heavy atom. The average molecular weight is 687 g/mol. The number of carbonyl (C=O) groups excluding carboxylic acids is 1. The van der Waals surface area contributed by atoms with E-state index in [1.807, 2.05) is 43.5 Å². The van der Waals surface area contributed by atoms with Gasteiger partial charge in [-0.25, -0.2) is 9.80 Å². The van der Waals surface area contributed by atoms with Crippen molar-refractivity contribution in [3.63, 3.8) is 0 Å². The van der Waals surface area contributed by atoms with E-state index in [9.17, 15) is 4.79 Å². The van der Waals surface area contributed by atoms with Crippen LogP contribution < -0.4 is 0 Å². The first kappa shape index (κ1) is 28.3. The van der Waals surface area contributed by atoms with Crippen molar-refractivity contribution in [2.24, 2.45) is 5.10 Å². The molecule has 1 aliphatic rings. The van der Waals surface area contributed by atoms with Gasteiger partial charge >= 0.3 is 36.2 Å². The standard InChI is InChI=1S/C29H29N3O3.CH3.Tl/c1-5-10-25-26-23(22-15-13-20(3)14-16-22)17-30-18-24(26)28(35-19-21-11-8-7-9-12-21)27(29(33)34-4)32(25)31-6-2;;/h6-18H,5,19H2,1-4H3;1H3;/b25-10+,31-6-;;. The molecule has 1 aromatic heterocycles. The quantitative estimate of drug-likeness (QED) is 0.164. The van der Waals surface area contributed by atoms with E-state index in [1.54, 1.807) is 17.4 Å². The molecule has 37 heavy (non-hydrogen) atoms. The molecule has 0 saturated heterocycles. The van der Waals surface area contributed by atoms with E-state index in [2.05, 4.69) is 58.8 Å². The van der Waals surface area contributed by atoms with Crippen LogP contribution in [0.5, 0.6) is 0 Å². The fraction of sp³-hybridized carbons (Fsp3) is 0.233. The zero-order chi connectivity index (χ0) is 26.8. The van der Waals surface area contributed by atoms with Crippen molar-refractivity contribution in [2.45, 2.75) is 38.3 Å². The summed E-state index contributed by atoms with van der Waals surface area (Å²) in [5, 5.41) is 6.19. The molecule has 2 heterocycles. The first-order chi connectivity index (χ1) is 18.1. The summed E-state index contributed by atoms with van der Waals surface area (Å²) < 4.78 is 13.7. The second-order valence-electron chi connectivity index (χ2n) is 8.10. The van der Waals surface area contributed by atoms with Gasteiger partial charge in [0, 0.05) is 35.3 Å². The van der Waals surface area contributed by atoms with Crippen LogP contribution in [0.4, 0.5) is 0 Å². The molecular formula is C30H32N3O3Tl. The predicted octanol–water partition coefficient (Wildman–Crippen LogP) is 6.39. The molecule has 0 aliphatic carbocycles. The molecule has 3 aromatic rings. The van der Waals surface area contributed by atoms with E-state index < -0.39 is 5.97 Å². The number of aromatic nitrogens is 1. The second-order valence-corrected chi connectivity index (χ2v) is 8.10. The van der Waals surface area contributed by atoms with Crippen molar-refractivity contribution in [1.82, 2.24) is 9.99 Å². The Bertz CT molecular complexity index is 1300. The van der Waals surface area contributed by atoms with Crippen molar-refractivity contribution in [3.05, 3.63) is 101 Å². The normalized spacial score (nSPS) is 13.7. The number of rotatable bonds is 7. The third-order valence-electron chi connectivity index (χ3n) is 5.70. The van der Waals surface area contributed by atoms with Gasteiger partial charge < -0.3 is 9.47 Å². The Labute approximate surface area is 235 Å². The molecule has 0 N–H and O–H groups in total. The molecule has 0 atom stereocenters. The van der Waals surface area contributed by atoms with Gasteiger partial charge in [-0.05, 0) is 31.4 Å². The van der Waals surface area contributed by atoms with E-state index in [1.165, 1.54) is 38.4 Å². The summed E-state index contributed by atoms with van der Waals surface area (Å²) in [7, 11) is 1.36. The fourth-order valence-electron chi connectivity index (χ4n) is 4.08. The molecular weight excluding hydrogens is 655 g/mol. The number of pyridine rings is 1. The van der Waals surface area contributed by atoms with Crippen LogP contribution in [-0.2, 0) is 20.9 Å². The molecule has 0 bridgehead atoms. The number of aryl methyl sites for hydroxylation is 1. The number of hydrogen-bond acceptors (Lipinski definition) is 6. The molecule has 0 fully saturated rings. The van der Waals surface area contributed by atoms with Gasteiger partial charge in [0.05, 0.1) is 12.8 Å². The SMILES string of the molecule is C/C=N\N1C(C(=O)OC)=C(OCc2ccccc2)c2cncc(-c3ccc(C)cc3)c2/C1=C\CC.[CH3][Tl]. The number of methoxy groups -OCH3 is 1. The molecule has 2 aromatic carbocycles. The maximum atomic E-state index is 13.1. The Hall–Kier alpha value is -3.27. The van der Waals surface area contributed by atoms with Gasteiger partial charge in [0.1, 0.15) is 6.61 Å². The van der Waals surface area contributed by atoms with Crippen LogP contribution in [0, 0.1) is 6.92 Å². The van der Waals surface area contributed by atoms with Crippen molar-refractivity contribution < 1.29 is 14.3 Å². The third-order valence-corrected chi connectivity index (χ3v) is 5.70. The minimum atomic E-state index is -0.535. The average Bonchev–Trinajstić information content (AvgIpc) is 2.94. The van der Waals surface area contributed by atoms with Crippen molar-refractivity contribution >= 4 is 49.4 Å². The third kappa shape index (κ3) is 6.36. The van der Waals surface area contributed by atoms with E-state index in [-0.39, 0.29) is 12.3 Å². The van der Waals surface area contributed by atoms with Crippen LogP contribution in [0.15, 0.2) is 83.9 Å². The van der Waals surface area contributed by atoms with Gasteiger partial charge in [-0.1, -0.05) is 73.2 Å². The molecule has 188 valence electrons. The van der Waals surface area contributed by atoms with Crippen LogP contribution in [0.25, 0.3) is 22.6 Å². The number of hydrogen-bond donors (Lipinski definition) is 0. The zero-order valence-electron chi connectivity index (χ0n) is 22.1. The van der Waals surface area contributed by atoms with Gasteiger partial charge in [-0.15, -0.1) is 0 Å². The maximum absolute atomic E-state index is 13.1. The monoisotopic (exact) mass is 687 g/mol. The van der Waals surface area contributed by atoms with Crippen LogP contribution in [0.2, 0.25) is 4.48 Å². The van der Waals surface area contributed by atoms with Gasteiger partial charge in [0.25, 0.3) is 0 Å². The molecule has 0 radical (unpaired) electrons. The van der Waals surface area contributed by atoms with Crippen molar-refractivity contribution in [3.8, 4) is 11.1 Å². The number of ether oxygens (including phenoxy) is 2. The van der Waals surface area contributed by atoms with Crippen molar-refractivity contribution in [2.75, 3.05) is 7.11 Å². The van der Waals surface area contributed by atoms with E-state index >= 15 is 0 Å². The summed E-state index contributed by atoms with van der Waals surface area (Å²) >= 11 is 1.17. The summed E-state index contributed by atoms with van der Waals surface area (Å²) in [6.45, 7) is 6.20. The Morgan fingerprint density at radius 3 is 2.35 bits per heavy atom. The first-order valence-electron chi connectivity index (χ1n) is 12.2. The number of esters is 1. The van der Waals surface area contributed by atoms with Crippen molar-refractivity contribution in [1.29, 1.82) is 0 Å². The summed E-state index contributed by atoms with van der Waals surface area (Å²) in [4.78, 5) is 17.6. The van der Waals surface area contributed by atoms with Gasteiger partial charge in [-0.2, -0.15) is 5.10 Å². The van der Waals surface area contributed by atoms with Gasteiger partial charge in [0.2, 0.25) is 0 Å². The minimum absolute atomic E-state index is 0.219. The van der Waals surface area contributed by atoms with Crippen LogP contribution in [0.3, 0.4) is 0 Å². The molecule has 0 saturated carbocycles. The predicted molar refractivity (Wildman–Crippen MR) is 150 cm³/mol. The summed E-state index contributed by atoms with van der Waals surface area (Å²) in [5.41, 5.74) is 6.74. The summed E-state index contributed by atoms with van der Waals surface area (Å²) in [5.74, 6) is -0.150. The van der Waals surface area contributed by atoms with E-state index in [0.717, 1.165) is 39.9 Å². The van der Waals surface area contributed by atoms with Crippen LogP contribution >= 0.6 is 0 Å². The number of benzene rings is 2. The number of nitrogens with zero attached hydrogens (tertiary/aromatic N) is 3. The molecule has 4 rings (SSSR count). The molecule has 0 unspecified atom stereocenters. The zero-order valence-corrected chi connectivity index (χ0v) is 26.6. The number of carbonyl (C=O) groups is 1. The molecule has 1 aliphatic heterocycles. The Morgan fingerprint density at radius 2 is 1.73 bits per heavy atom. The van der Waals surface area contributed by atoms with Gasteiger partial charge in [0.15, 0.2) is 11.5 Å². The summed E-state index contributed by atoms with van der Waals surface area (Å²) in [6.07, 6.45) is 8.04. The molecule has 0 spiro atoms. The molecule has 0 amide bonds. The Kier molecular flexibility index (Phi) is 10.6. The number of allylic oxidation sites excluding steroid dienone is 1. The number of hydrazone groups is 1. The second kappa shape index (κ2) is 13.9. The Balaban J connectivity index is 0.00000186. The van der Waals surface area contributed by atoms with Crippen LogP contribution in [-0.4, -0.2) is 55.1 Å².